The number of hydrogen-bond donors (Lipinski definition) is 1. The predicted molar refractivity (Wildman–Crippen MR) is 75.9 cm³/mol. The van der Waals surface area contributed by atoms with Crippen LogP contribution in [0, 0.1) is 12.8 Å². The molecule has 0 aliphatic carbocycles. The van der Waals surface area contributed by atoms with Gasteiger partial charge in [-0.3, -0.25) is 0 Å². The molecule has 1 rings (SSSR count). The van der Waals surface area contributed by atoms with Crippen LogP contribution >= 0.6 is 0 Å². The summed E-state index contributed by atoms with van der Waals surface area (Å²) in [7, 11) is 0. The Bertz CT molecular complexity index is 347. The van der Waals surface area contributed by atoms with E-state index in [0.29, 0.717) is 5.92 Å². The van der Waals surface area contributed by atoms with E-state index in [4.69, 9.17) is 4.74 Å². The lowest BCUT2D eigenvalue weighted by molar-refractivity contribution is 0.221. The summed E-state index contributed by atoms with van der Waals surface area (Å²) in [5, 5.41) is 9.33. The Kier molecular flexibility index (Phi) is 6.81. The van der Waals surface area contributed by atoms with Crippen molar-refractivity contribution >= 4 is 0 Å². The Labute approximate surface area is 111 Å². The van der Waals surface area contributed by atoms with Gasteiger partial charge in [0.05, 0.1) is 13.2 Å². The Balaban J connectivity index is 2.56. The maximum atomic E-state index is 9.33. The fourth-order valence-electron chi connectivity index (χ4n) is 2.08. The molecule has 1 aromatic rings. The van der Waals surface area contributed by atoms with Gasteiger partial charge in [0, 0.05) is 5.56 Å². The van der Waals surface area contributed by atoms with Gasteiger partial charge < -0.3 is 9.84 Å². The molecule has 1 N–H and O–H groups in total. The predicted octanol–water partition coefficient (Wildman–Crippen LogP) is 4.08. The first-order valence-corrected chi connectivity index (χ1v) is 7.04. The molecule has 0 bridgehead atoms. The van der Waals surface area contributed by atoms with Gasteiger partial charge in [0.15, 0.2) is 0 Å². The number of hydrogen-bond acceptors (Lipinski definition) is 2. The number of unbranched alkanes of at least 4 members (excludes halogenated alkanes) is 1. The first kappa shape index (κ1) is 15.0. The van der Waals surface area contributed by atoms with Crippen LogP contribution in [0.1, 0.15) is 50.7 Å². The van der Waals surface area contributed by atoms with Crippen molar-refractivity contribution in [2.24, 2.45) is 5.92 Å². The van der Waals surface area contributed by atoms with Crippen molar-refractivity contribution in [1.82, 2.24) is 0 Å². The molecule has 0 fully saturated rings. The molecule has 102 valence electrons. The molecule has 0 saturated heterocycles. The number of benzene rings is 1. The van der Waals surface area contributed by atoms with Gasteiger partial charge in [0.1, 0.15) is 5.75 Å². The zero-order valence-electron chi connectivity index (χ0n) is 11.9. The lowest BCUT2D eigenvalue weighted by atomic mass is 10.0. The zero-order valence-corrected chi connectivity index (χ0v) is 11.9. The lowest BCUT2D eigenvalue weighted by Crippen LogP contribution is -2.12. The van der Waals surface area contributed by atoms with E-state index >= 15 is 0 Å². The molecule has 0 saturated carbocycles. The SMILES string of the molecule is CCCCC(CC)COc1ccc(C)cc1CO. The Morgan fingerprint density at radius 3 is 2.67 bits per heavy atom. The van der Waals surface area contributed by atoms with Crippen molar-refractivity contribution < 1.29 is 9.84 Å². The highest BCUT2D eigenvalue weighted by Gasteiger charge is 2.09. The van der Waals surface area contributed by atoms with Crippen LogP contribution in [0.3, 0.4) is 0 Å². The lowest BCUT2D eigenvalue weighted by Gasteiger charge is -2.17. The summed E-state index contributed by atoms with van der Waals surface area (Å²) in [5.41, 5.74) is 2.05. The summed E-state index contributed by atoms with van der Waals surface area (Å²) in [4.78, 5) is 0. The molecule has 0 heterocycles. The molecule has 0 aliphatic rings. The third kappa shape index (κ3) is 4.69. The van der Waals surface area contributed by atoms with Crippen LogP contribution in [0.15, 0.2) is 18.2 Å². The van der Waals surface area contributed by atoms with E-state index in [1.807, 2.05) is 25.1 Å². The molecular weight excluding hydrogens is 224 g/mol. The molecule has 18 heavy (non-hydrogen) atoms. The van der Waals surface area contributed by atoms with Crippen molar-refractivity contribution in [3.05, 3.63) is 29.3 Å². The Morgan fingerprint density at radius 2 is 2.06 bits per heavy atom. The molecule has 0 spiro atoms. The topological polar surface area (TPSA) is 29.5 Å². The zero-order chi connectivity index (χ0) is 13.4. The molecule has 0 aliphatic heterocycles. The molecule has 1 unspecified atom stereocenters. The Hall–Kier alpha value is -1.02. The normalized spacial score (nSPS) is 12.4. The molecule has 1 aromatic carbocycles. The van der Waals surface area contributed by atoms with Gasteiger partial charge in [0.25, 0.3) is 0 Å². The number of aliphatic hydroxyl groups is 1. The number of rotatable bonds is 8. The largest absolute Gasteiger partial charge is 0.493 e. The van der Waals surface area contributed by atoms with Gasteiger partial charge >= 0.3 is 0 Å². The van der Waals surface area contributed by atoms with Gasteiger partial charge in [-0.25, -0.2) is 0 Å². The van der Waals surface area contributed by atoms with Gasteiger partial charge in [-0.1, -0.05) is 50.8 Å². The third-order valence-corrected chi connectivity index (χ3v) is 3.40. The van der Waals surface area contributed by atoms with E-state index in [1.54, 1.807) is 0 Å². The van der Waals surface area contributed by atoms with Crippen molar-refractivity contribution in [3.63, 3.8) is 0 Å². The summed E-state index contributed by atoms with van der Waals surface area (Å²) in [6, 6.07) is 5.98. The fraction of sp³-hybridized carbons (Fsp3) is 0.625. The monoisotopic (exact) mass is 250 g/mol. The molecule has 1 atom stereocenters. The van der Waals surface area contributed by atoms with Crippen LogP contribution < -0.4 is 4.74 Å². The highest BCUT2D eigenvalue weighted by atomic mass is 16.5. The van der Waals surface area contributed by atoms with Crippen LogP contribution in [-0.4, -0.2) is 11.7 Å². The van der Waals surface area contributed by atoms with Crippen LogP contribution in [0.2, 0.25) is 0 Å². The van der Waals surface area contributed by atoms with Crippen molar-refractivity contribution in [2.75, 3.05) is 6.61 Å². The first-order chi connectivity index (χ1) is 8.71. The second-order valence-corrected chi connectivity index (χ2v) is 5.00. The number of aliphatic hydroxyl groups excluding tert-OH is 1. The van der Waals surface area contributed by atoms with Gasteiger partial charge in [0.2, 0.25) is 0 Å². The molecule has 0 amide bonds. The van der Waals surface area contributed by atoms with Crippen molar-refractivity contribution in [2.45, 2.75) is 53.1 Å². The van der Waals surface area contributed by atoms with E-state index in [2.05, 4.69) is 13.8 Å². The summed E-state index contributed by atoms with van der Waals surface area (Å²) >= 11 is 0. The highest BCUT2D eigenvalue weighted by Crippen LogP contribution is 2.22. The summed E-state index contributed by atoms with van der Waals surface area (Å²) in [6.07, 6.45) is 4.89. The molecular formula is C16H26O2. The molecule has 0 aromatic heterocycles. The fourth-order valence-corrected chi connectivity index (χ4v) is 2.08. The van der Waals surface area contributed by atoms with Crippen molar-refractivity contribution in [3.8, 4) is 5.75 Å². The summed E-state index contributed by atoms with van der Waals surface area (Å²) in [5.74, 6) is 1.45. The molecule has 2 nitrogen and oxygen atoms in total. The van der Waals surface area contributed by atoms with Gasteiger partial charge in [-0.2, -0.15) is 0 Å². The summed E-state index contributed by atoms with van der Waals surface area (Å²) < 4.78 is 5.87. The van der Waals surface area contributed by atoms with Crippen LogP contribution in [0.5, 0.6) is 5.75 Å². The van der Waals surface area contributed by atoms with E-state index in [1.165, 1.54) is 19.3 Å². The summed E-state index contributed by atoms with van der Waals surface area (Å²) in [6.45, 7) is 7.26. The van der Waals surface area contributed by atoms with Crippen LogP contribution in [-0.2, 0) is 6.61 Å². The highest BCUT2D eigenvalue weighted by molar-refractivity contribution is 5.36. The third-order valence-electron chi connectivity index (χ3n) is 3.40. The second kappa shape index (κ2) is 8.15. The van der Waals surface area contributed by atoms with Crippen LogP contribution in [0.4, 0.5) is 0 Å². The van der Waals surface area contributed by atoms with Gasteiger partial charge in [-0.15, -0.1) is 0 Å². The molecule has 2 heteroatoms. The minimum absolute atomic E-state index is 0.0444. The van der Waals surface area contributed by atoms with Crippen molar-refractivity contribution in [1.29, 1.82) is 0 Å². The van der Waals surface area contributed by atoms with Gasteiger partial charge in [-0.05, 0) is 25.3 Å². The minimum atomic E-state index is 0.0444. The smallest absolute Gasteiger partial charge is 0.124 e. The number of ether oxygens (including phenoxy) is 1. The number of aryl methyl sites for hydroxylation is 1. The standard InChI is InChI=1S/C16H26O2/c1-4-6-7-14(5-2)12-18-16-9-8-13(3)10-15(16)11-17/h8-10,14,17H,4-7,11-12H2,1-3H3. The average molecular weight is 250 g/mol. The first-order valence-electron chi connectivity index (χ1n) is 7.04. The van der Waals surface area contributed by atoms with E-state index in [9.17, 15) is 5.11 Å². The second-order valence-electron chi connectivity index (χ2n) is 5.00. The van der Waals surface area contributed by atoms with E-state index in [-0.39, 0.29) is 6.61 Å². The van der Waals surface area contributed by atoms with E-state index in [0.717, 1.165) is 29.9 Å². The average Bonchev–Trinajstić information content (AvgIpc) is 2.40. The quantitative estimate of drug-likeness (QED) is 0.753. The maximum Gasteiger partial charge on any atom is 0.124 e. The Morgan fingerprint density at radius 1 is 1.28 bits per heavy atom. The van der Waals surface area contributed by atoms with E-state index < -0.39 is 0 Å². The molecule has 0 radical (unpaired) electrons. The minimum Gasteiger partial charge on any atom is -0.493 e. The van der Waals surface area contributed by atoms with Crippen LogP contribution in [0.25, 0.3) is 0 Å². The maximum absolute atomic E-state index is 9.33.